The Morgan fingerprint density at radius 3 is 2.78 bits per heavy atom. The standard InChI is InChI=1S/C18H22N2O3/c1-12-16(21)17(23-20-12)15-9-5-6-13(10-15)11-19-18(22)14-7-3-2-4-8-14/h2-4,7-8,13,15,17H,5-6,9-11H2,1H3,(H,19,22). The lowest BCUT2D eigenvalue weighted by molar-refractivity contribution is -0.124. The maximum Gasteiger partial charge on any atom is 0.251 e. The highest BCUT2D eigenvalue weighted by Gasteiger charge is 2.38. The Labute approximate surface area is 136 Å². The molecule has 1 aliphatic heterocycles. The van der Waals surface area contributed by atoms with Gasteiger partial charge < -0.3 is 10.2 Å². The van der Waals surface area contributed by atoms with E-state index in [1.165, 1.54) is 0 Å². The summed E-state index contributed by atoms with van der Waals surface area (Å²) in [6.07, 6.45) is 3.61. The zero-order chi connectivity index (χ0) is 16.2. The minimum atomic E-state index is -0.414. The van der Waals surface area contributed by atoms with E-state index in [1.807, 2.05) is 30.3 Å². The van der Waals surface area contributed by atoms with Crippen molar-refractivity contribution in [3.8, 4) is 0 Å². The molecule has 1 heterocycles. The molecule has 1 saturated carbocycles. The van der Waals surface area contributed by atoms with Crippen LogP contribution in [-0.2, 0) is 9.63 Å². The molecule has 122 valence electrons. The Morgan fingerprint density at radius 2 is 2.09 bits per heavy atom. The lowest BCUT2D eigenvalue weighted by Crippen LogP contribution is -2.37. The molecule has 1 aromatic carbocycles. The summed E-state index contributed by atoms with van der Waals surface area (Å²) in [6.45, 7) is 2.34. The van der Waals surface area contributed by atoms with Crippen LogP contribution in [0.2, 0.25) is 0 Å². The van der Waals surface area contributed by atoms with Gasteiger partial charge in [-0.05, 0) is 44.2 Å². The molecule has 0 bridgehead atoms. The summed E-state index contributed by atoms with van der Waals surface area (Å²) in [5, 5.41) is 6.82. The van der Waals surface area contributed by atoms with Crippen LogP contribution >= 0.6 is 0 Å². The van der Waals surface area contributed by atoms with Crippen LogP contribution in [0.3, 0.4) is 0 Å². The summed E-state index contributed by atoms with van der Waals surface area (Å²) >= 11 is 0. The number of rotatable bonds is 4. The van der Waals surface area contributed by atoms with E-state index < -0.39 is 6.10 Å². The second-order valence-electron chi connectivity index (χ2n) is 6.44. The first-order valence-corrected chi connectivity index (χ1v) is 8.23. The number of amides is 1. The summed E-state index contributed by atoms with van der Waals surface area (Å²) in [5.41, 5.74) is 1.15. The minimum absolute atomic E-state index is 0.0176. The molecule has 5 nitrogen and oxygen atoms in total. The zero-order valence-electron chi connectivity index (χ0n) is 13.3. The van der Waals surface area contributed by atoms with Crippen LogP contribution < -0.4 is 5.32 Å². The van der Waals surface area contributed by atoms with Crippen LogP contribution in [0.1, 0.15) is 43.0 Å². The number of carbonyl (C=O) groups excluding carboxylic acids is 2. The summed E-state index contributed by atoms with van der Waals surface area (Å²) in [4.78, 5) is 29.5. The topological polar surface area (TPSA) is 67.8 Å². The van der Waals surface area contributed by atoms with E-state index in [9.17, 15) is 9.59 Å². The third-order valence-electron chi connectivity index (χ3n) is 4.76. The Bertz CT molecular complexity index is 612. The van der Waals surface area contributed by atoms with E-state index in [0.717, 1.165) is 25.7 Å². The molecule has 0 aromatic heterocycles. The molecule has 3 rings (SSSR count). The predicted octanol–water partition coefficient (Wildman–Crippen LogP) is 2.57. The van der Waals surface area contributed by atoms with Crippen molar-refractivity contribution in [3.63, 3.8) is 0 Å². The smallest absolute Gasteiger partial charge is 0.251 e. The Kier molecular flexibility index (Phi) is 4.74. The first-order valence-electron chi connectivity index (χ1n) is 8.23. The van der Waals surface area contributed by atoms with Crippen LogP contribution in [0, 0.1) is 11.8 Å². The average molecular weight is 314 g/mol. The number of ketones is 1. The van der Waals surface area contributed by atoms with Gasteiger partial charge in [-0.1, -0.05) is 29.8 Å². The second kappa shape index (κ2) is 6.94. The maximum atomic E-state index is 12.1. The van der Waals surface area contributed by atoms with Gasteiger partial charge in [0.15, 0.2) is 6.10 Å². The molecule has 0 radical (unpaired) electrons. The molecule has 1 N–H and O–H groups in total. The monoisotopic (exact) mass is 314 g/mol. The predicted molar refractivity (Wildman–Crippen MR) is 87.2 cm³/mol. The van der Waals surface area contributed by atoms with Crippen LogP contribution in [0.4, 0.5) is 0 Å². The first-order chi connectivity index (χ1) is 11.1. The highest BCUT2D eigenvalue weighted by molar-refractivity contribution is 6.41. The van der Waals surface area contributed by atoms with Crippen LogP contribution in [-0.4, -0.2) is 30.1 Å². The second-order valence-corrected chi connectivity index (χ2v) is 6.44. The molecular formula is C18H22N2O3. The molecule has 1 aliphatic carbocycles. The van der Waals surface area contributed by atoms with Crippen molar-refractivity contribution in [2.24, 2.45) is 17.0 Å². The van der Waals surface area contributed by atoms with E-state index in [1.54, 1.807) is 6.92 Å². The number of oxime groups is 1. The molecule has 23 heavy (non-hydrogen) atoms. The molecule has 1 amide bonds. The Hall–Kier alpha value is -2.17. The molecule has 3 unspecified atom stereocenters. The molecule has 2 aliphatic rings. The van der Waals surface area contributed by atoms with E-state index in [-0.39, 0.29) is 17.6 Å². The van der Waals surface area contributed by atoms with Gasteiger partial charge in [0.2, 0.25) is 5.78 Å². The third-order valence-corrected chi connectivity index (χ3v) is 4.76. The minimum Gasteiger partial charge on any atom is -0.383 e. The number of Topliss-reactive ketones (excluding diaryl/α,β-unsaturated/α-hetero) is 1. The van der Waals surface area contributed by atoms with Crippen LogP contribution in [0.25, 0.3) is 0 Å². The van der Waals surface area contributed by atoms with E-state index in [0.29, 0.717) is 23.7 Å². The normalized spacial score (nSPS) is 27.3. The van der Waals surface area contributed by atoms with Gasteiger partial charge in [0.25, 0.3) is 5.91 Å². The molecule has 1 aromatic rings. The fraction of sp³-hybridized carbons (Fsp3) is 0.500. The number of benzene rings is 1. The highest BCUT2D eigenvalue weighted by atomic mass is 16.6. The van der Waals surface area contributed by atoms with Gasteiger partial charge in [0.05, 0.1) is 0 Å². The molecule has 3 atom stereocenters. The fourth-order valence-electron chi connectivity index (χ4n) is 3.46. The Morgan fingerprint density at radius 1 is 1.30 bits per heavy atom. The van der Waals surface area contributed by atoms with E-state index in [4.69, 9.17) is 4.84 Å². The van der Waals surface area contributed by atoms with Crippen LogP contribution in [0.15, 0.2) is 35.5 Å². The Balaban J connectivity index is 1.51. The SMILES string of the molecule is CC1=NOC(C2CCCC(CNC(=O)c3ccccc3)C2)C1=O. The van der Waals surface area contributed by atoms with Gasteiger partial charge in [-0.3, -0.25) is 9.59 Å². The fourth-order valence-corrected chi connectivity index (χ4v) is 3.46. The van der Waals surface area contributed by atoms with Gasteiger partial charge in [-0.2, -0.15) is 0 Å². The summed E-state index contributed by atoms with van der Waals surface area (Å²) in [5.74, 6) is 0.568. The van der Waals surface area contributed by atoms with Gasteiger partial charge >= 0.3 is 0 Å². The van der Waals surface area contributed by atoms with Crippen molar-refractivity contribution >= 4 is 17.4 Å². The molecule has 5 heteroatoms. The van der Waals surface area contributed by atoms with E-state index in [2.05, 4.69) is 10.5 Å². The summed E-state index contributed by atoms with van der Waals surface area (Å²) < 4.78 is 0. The number of carbonyl (C=O) groups is 2. The van der Waals surface area contributed by atoms with Crippen molar-refractivity contribution in [3.05, 3.63) is 35.9 Å². The lowest BCUT2D eigenvalue weighted by Gasteiger charge is -2.31. The summed E-state index contributed by atoms with van der Waals surface area (Å²) in [7, 11) is 0. The number of nitrogens with one attached hydrogen (secondary N) is 1. The van der Waals surface area contributed by atoms with E-state index >= 15 is 0 Å². The van der Waals surface area contributed by atoms with Gasteiger partial charge in [-0.15, -0.1) is 0 Å². The van der Waals surface area contributed by atoms with Crippen molar-refractivity contribution in [1.82, 2.24) is 5.32 Å². The number of hydrogen-bond acceptors (Lipinski definition) is 4. The molecule has 0 saturated heterocycles. The molecular weight excluding hydrogens is 292 g/mol. The van der Waals surface area contributed by atoms with Gasteiger partial charge in [0, 0.05) is 18.0 Å². The molecule has 1 fully saturated rings. The highest BCUT2D eigenvalue weighted by Crippen LogP contribution is 2.34. The number of nitrogens with zero attached hydrogens (tertiary/aromatic N) is 1. The number of hydrogen-bond donors (Lipinski definition) is 1. The third kappa shape index (κ3) is 3.60. The van der Waals surface area contributed by atoms with Crippen LogP contribution in [0.5, 0.6) is 0 Å². The van der Waals surface area contributed by atoms with Crippen molar-refractivity contribution < 1.29 is 14.4 Å². The van der Waals surface area contributed by atoms with Crippen molar-refractivity contribution in [1.29, 1.82) is 0 Å². The van der Waals surface area contributed by atoms with Crippen molar-refractivity contribution in [2.75, 3.05) is 6.54 Å². The molecule has 0 spiro atoms. The lowest BCUT2D eigenvalue weighted by atomic mass is 9.77. The van der Waals surface area contributed by atoms with Crippen molar-refractivity contribution in [2.45, 2.75) is 38.7 Å². The maximum absolute atomic E-state index is 12.1. The average Bonchev–Trinajstić information content (AvgIpc) is 2.93. The van der Waals surface area contributed by atoms with Gasteiger partial charge in [-0.25, -0.2) is 0 Å². The largest absolute Gasteiger partial charge is 0.383 e. The summed E-state index contributed by atoms with van der Waals surface area (Å²) in [6, 6.07) is 9.23. The van der Waals surface area contributed by atoms with Gasteiger partial charge in [0.1, 0.15) is 5.71 Å². The quantitative estimate of drug-likeness (QED) is 0.928. The first kappa shape index (κ1) is 15.7. The zero-order valence-corrected chi connectivity index (χ0v) is 13.3.